The van der Waals surface area contributed by atoms with Crippen LogP contribution < -0.4 is 5.32 Å². The maximum atomic E-state index is 12.0. The number of hydrogen-bond donors (Lipinski definition) is 2. The van der Waals surface area contributed by atoms with E-state index in [1.54, 1.807) is 0 Å². The lowest BCUT2D eigenvalue weighted by Gasteiger charge is -2.25. The van der Waals surface area contributed by atoms with E-state index in [1.165, 1.54) is 6.07 Å². The number of carbonyl (C=O) groups excluding carboxylic acids is 1. The maximum Gasteiger partial charge on any atom is 0.254 e. The van der Waals surface area contributed by atoms with Crippen LogP contribution in [-0.4, -0.2) is 33.9 Å². The second-order valence-electron chi connectivity index (χ2n) is 4.76. The number of carbonyl (C=O) groups is 1. The summed E-state index contributed by atoms with van der Waals surface area (Å²) in [5.74, 6) is 0.101. The number of aliphatic hydroxyl groups excluding tert-OH is 1. The lowest BCUT2D eigenvalue weighted by Crippen LogP contribution is -2.32. The largest absolute Gasteiger partial charge is 0.393 e. The first-order valence-electron chi connectivity index (χ1n) is 6.21. The van der Waals surface area contributed by atoms with Gasteiger partial charge in [-0.3, -0.25) is 4.79 Å². The van der Waals surface area contributed by atoms with E-state index >= 15 is 0 Å². The van der Waals surface area contributed by atoms with Crippen LogP contribution >= 0.6 is 23.2 Å². The Morgan fingerprint density at radius 3 is 2.68 bits per heavy atom. The summed E-state index contributed by atoms with van der Waals surface area (Å²) in [6.45, 7) is 0.571. The highest BCUT2D eigenvalue weighted by Gasteiger charge is 2.20. The van der Waals surface area contributed by atoms with Crippen LogP contribution in [0.5, 0.6) is 0 Å². The summed E-state index contributed by atoms with van der Waals surface area (Å²) in [7, 11) is 0. The Bertz CT molecular complexity index is 462. The quantitative estimate of drug-likeness (QED) is 0.896. The number of aromatic nitrogens is 2. The Hall–Kier alpha value is -0.910. The Morgan fingerprint density at radius 1 is 1.32 bits per heavy atom. The third-order valence-corrected chi connectivity index (χ3v) is 3.80. The average Bonchev–Trinajstić information content (AvgIpc) is 2.40. The molecule has 5 nitrogen and oxygen atoms in total. The van der Waals surface area contributed by atoms with Gasteiger partial charge in [-0.15, -0.1) is 10.2 Å². The number of nitrogens with zero attached hydrogens (tertiary/aromatic N) is 2. The zero-order valence-electron chi connectivity index (χ0n) is 10.3. The van der Waals surface area contributed by atoms with Gasteiger partial charge in [0, 0.05) is 6.54 Å². The van der Waals surface area contributed by atoms with Crippen molar-refractivity contribution in [3.05, 3.63) is 21.9 Å². The zero-order valence-corrected chi connectivity index (χ0v) is 11.8. The highest BCUT2D eigenvalue weighted by atomic mass is 35.5. The number of halogens is 2. The van der Waals surface area contributed by atoms with E-state index in [9.17, 15) is 9.90 Å². The molecule has 1 aromatic rings. The van der Waals surface area contributed by atoms with Gasteiger partial charge in [-0.2, -0.15) is 0 Å². The summed E-state index contributed by atoms with van der Waals surface area (Å²) in [6, 6.07) is 1.40. The third kappa shape index (κ3) is 4.03. The molecule has 1 aromatic heterocycles. The van der Waals surface area contributed by atoms with E-state index < -0.39 is 0 Å². The first-order chi connectivity index (χ1) is 9.06. The smallest absolute Gasteiger partial charge is 0.254 e. The van der Waals surface area contributed by atoms with Crippen LogP contribution in [0.4, 0.5) is 0 Å². The van der Waals surface area contributed by atoms with Crippen LogP contribution in [-0.2, 0) is 0 Å². The highest BCUT2D eigenvalue weighted by molar-refractivity contribution is 6.34. The topological polar surface area (TPSA) is 75.1 Å². The lowest BCUT2D eigenvalue weighted by atomic mass is 9.87. The second-order valence-corrected chi connectivity index (χ2v) is 5.50. The van der Waals surface area contributed by atoms with Gasteiger partial charge in [0.1, 0.15) is 0 Å². The first-order valence-corrected chi connectivity index (χ1v) is 6.97. The van der Waals surface area contributed by atoms with Crippen LogP contribution in [0.3, 0.4) is 0 Å². The number of aliphatic hydroxyl groups is 1. The van der Waals surface area contributed by atoms with Gasteiger partial charge in [0.05, 0.1) is 11.7 Å². The molecule has 1 fully saturated rings. The van der Waals surface area contributed by atoms with Crippen molar-refractivity contribution in [1.29, 1.82) is 0 Å². The number of rotatable bonds is 3. The number of nitrogens with one attached hydrogen (secondary N) is 1. The summed E-state index contributed by atoms with van der Waals surface area (Å²) in [4.78, 5) is 12.0. The Balaban J connectivity index is 1.89. The normalized spacial score (nSPS) is 23.1. The molecule has 0 unspecified atom stereocenters. The Morgan fingerprint density at radius 2 is 2.00 bits per heavy atom. The minimum Gasteiger partial charge on any atom is -0.393 e. The maximum absolute atomic E-state index is 12.0. The summed E-state index contributed by atoms with van der Waals surface area (Å²) in [6.07, 6.45) is 3.24. The molecule has 0 aromatic carbocycles. The van der Waals surface area contributed by atoms with E-state index in [0.717, 1.165) is 25.7 Å². The first kappa shape index (κ1) is 14.5. The van der Waals surface area contributed by atoms with E-state index in [0.29, 0.717) is 12.5 Å². The van der Waals surface area contributed by atoms with Gasteiger partial charge in [0.2, 0.25) is 0 Å². The molecule has 1 saturated carbocycles. The van der Waals surface area contributed by atoms with Crippen molar-refractivity contribution in [3.8, 4) is 0 Å². The SMILES string of the molecule is O=C(NCC1CCC(O)CC1)c1cc(Cl)nnc1Cl. The van der Waals surface area contributed by atoms with Crippen molar-refractivity contribution in [2.75, 3.05) is 6.54 Å². The van der Waals surface area contributed by atoms with Crippen LogP contribution in [0.2, 0.25) is 10.3 Å². The molecule has 0 spiro atoms. The van der Waals surface area contributed by atoms with E-state index in [4.69, 9.17) is 23.2 Å². The molecule has 1 amide bonds. The summed E-state index contributed by atoms with van der Waals surface area (Å²) < 4.78 is 0. The average molecular weight is 304 g/mol. The second kappa shape index (κ2) is 6.50. The number of amides is 1. The molecule has 2 rings (SSSR count). The molecule has 1 heterocycles. The Labute approximate surface area is 121 Å². The molecule has 104 valence electrons. The van der Waals surface area contributed by atoms with Gasteiger partial charge in [-0.1, -0.05) is 23.2 Å². The summed E-state index contributed by atoms with van der Waals surface area (Å²) in [5.41, 5.74) is 0.234. The molecular weight excluding hydrogens is 289 g/mol. The highest BCUT2D eigenvalue weighted by Crippen LogP contribution is 2.23. The molecule has 2 N–H and O–H groups in total. The van der Waals surface area contributed by atoms with Gasteiger partial charge >= 0.3 is 0 Å². The van der Waals surface area contributed by atoms with Crippen LogP contribution in [0.1, 0.15) is 36.0 Å². The monoisotopic (exact) mass is 303 g/mol. The van der Waals surface area contributed by atoms with Gasteiger partial charge in [-0.25, -0.2) is 0 Å². The van der Waals surface area contributed by atoms with E-state index in [-0.39, 0.29) is 27.9 Å². The van der Waals surface area contributed by atoms with Crippen molar-refractivity contribution in [2.45, 2.75) is 31.8 Å². The minimum atomic E-state index is -0.298. The van der Waals surface area contributed by atoms with Gasteiger partial charge < -0.3 is 10.4 Å². The fraction of sp³-hybridized carbons (Fsp3) is 0.583. The molecule has 19 heavy (non-hydrogen) atoms. The summed E-state index contributed by atoms with van der Waals surface area (Å²) in [5, 5.41) is 19.6. The van der Waals surface area contributed by atoms with Crippen molar-refractivity contribution in [2.24, 2.45) is 5.92 Å². The molecule has 7 heteroatoms. The fourth-order valence-electron chi connectivity index (χ4n) is 2.19. The molecule has 0 saturated heterocycles. The van der Waals surface area contributed by atoms with Crippen molar-refractivity contribution in [1.82, 2.24) is 15.5 Å². The van der Waals surface area contributed by atoms with Crippen LogP contribution in [0.15, 0.2) is 6.07 Å². The fourth-order valence-corrected chi connectivity index (χ4v) is 2.52. The lowest BCUT2D eigenvalue weighted by molar-refractivity contribution is 0.0910. The standard InChI is InChI=1S/C12H15Cl2N3O2/c13-10-5-9(11(14)17-16-10)12(19)15-6-7-1-3-8(18)4-2-7/h5,7-8,18H,1-4,6H2,(H,15,19). The van der Waals surface area contributed by atoms with Crippen molar-refractivity contribution in [3.63, 3.8) is 0 Å². The van der Waals surface area contributed by atoms with Gasteiger partial charge in [0.25, 0.3) is 5.91 Å². The molecule has 0 bridgehead atoms. The Kier molecular flexibility index (Phi) is 4.96. The van der Waals surface area contributed by atoms with E-state index in [1.807, 2.05) is 0 Å². The van der Waals surface area contributed by atoms with Crippen molar-refractivity contribution >= 4 is 29.1 Å². The molecule has 0 aliphatic heterocycles. The molecule has 0 atom stereocenters. The predicted octanol–water partition coefficient (Wildman–Crippen LogP) is 2.06. The van der Waals surface area contributed by atoms with Gasteiger partial charge in [-0.05, 0) is 37.7 Å². The number of hydrogen-bond acceptors (Lipinski definition) is 4. The molecular formula is C12H15Cl2N3O2. The van der Waals surface area contributed by atoms with Gasteiger partial charge in [0.15, 0.2) is 10.3 Å². The zero-order chi connectivity index (χ0) is 13.8. The predicted molar refractivity (Wildman–Crippen MR) is 72.4 cm³/mol. The summed E-state index contributed by atoms with van der Waals surface area (Å²) >= 11 is 11.5. The molecule has 1 aliphatic carbocycles. The van der Waals surface area contributed by atoms with Crippen molar-refractivity contribution < 1.29 is 9.90 Å². The third-order valence-electron chi connectivity index (χ3n) is 3.33. The minimum absolute atomic E-state index is 0.0426. The molecule has 0 radical (unpaired) electrons. The van der Waals surface area contributed by atoms with E-state index in [2.05, 4.69) is 15.5 Å². The van der Waals surface area contributed by atoms with Crippen LogP contribution in [0.25, 0.3) is 0 Å². The molecule has 1 aliphatic rings. The van der Waals surface area contributed by atoms with Crippen LogP contribution in [0, 0.1) is 5.92 Å².